The predicted octanol–water partition coefficient (Wildman–Crippen LogP) is 2.13. The molecule has 2 unspecified atom stereocenters. The van der Waals surface area contributed by atoms with Gasteiger partial charge in [-0.1, -0.05) is 23.8 Å². The highest BCUT2D eigenvalue weighted by molar-refractivity contribution is 6.31. The van der Waals surface area contributed by atoms with Gasteiger partial charge in [0.2, 0.25) is 5.88 Å². The number of hydrogen-bond acceptors (Lipinski definition) is 9. The number of hydrogen-bond donors (Lipinski definition) is 5. The van der Waals surface area contributed by atoms with Crippen LogP contribution in [-0.4, -0.2) is 85.6 Å². The Labute approximate surface area is 224 Å². The second kappa shape index (κ2) is 11.8. The fraction of sp³-hybridized carbons (Fsp3) is 0.360. The first-order valence-corrected chi connectivity index (χ1v) is 12.3. The Morgan fingerprint density at radius 2 is 1.89 bits per heavy atom. The molecule has 2 heterocycles. The number of urea groups is 2. The smallest absolute Gasteiger partial charge is 0.331 e. The number of aliphatic hydroxyl groups is 3. The van der Waals surface area contributed by atoms with E-state index in [9.17, 15) is 24.9 Å². The largest absolute Gasteiger partial charge is 0.438 e. The predicted molar refractivity (Wildman–Crippen MR) is 138 cm³/mol. The maximum atomic E-state index is 13.4. The van der Waals surface area contributed by atoms with Crippen molar-refractivity contribution >= 4 is 29.4 Å². The minimum Gasteiger partial charge on any atom is -0.438 e. The third-order valence-corrected chi connectivity index (χ3v) is 6.34. The summed E-state index contributed by atoms with van der Waals surface area (Å²) in [7, 11) is 0. The van der Waals surface area contributed by atoms with Gasteiger partial charge in [-0.3, -0.25) is 10.2 Å². The van der Waals surface area contributed by atoms with Crippen LogP contribution in [0.4, 0.5) is 15.3 Å². The Morgan fingerprint density at radius 3 is 2.50 bits per heavy atom. The van der Waals surface area contributed by atoms with E-state index in [2.05, 4.69) is 20.8 Å². The van der Waals surface area contributed by atoms with E-state index in [-0.39, 0.29) is 12.5 Å². The molecule has 202 valence electrons. The quantitative estimate of drug-likeness (QED) is 0.302. The Hall–Kier alpha value is -3.71. The van der Waals surface area contributed by atoms with Crippen LogP contribution in [0.2, 0.25) is 0 Å². The average Bonchev–Trinajstić information content (AvgIpc) is 2.92. The van der Waals surface area contributed by atoms with Crippen molar-refractivity contribution in [2.75, 3.05) is 31.6 Å². The molecule has 13 heteroatoms. The van der Waals surface area contributed by atoms with Gasteiger partial charge in [-0.2, -0.15) is 5.10 Å². The van der Waals surface area contributed by atoms with Crippen LogP contribution in [0.3, 0.4) is 0 Å². The van der Waals surface area contributed by atoms with Crippen molar-refractivity contribution in [2.45, 2.75) is 25.2 Å². The molecule has 1 saturated heterocycles. The summed E-state index contributed by atoms with van der Waals surface area (Å²) >= 11 is 6.03. The average molecular weight is 545 g/mol. The summed E-state index contributed by atoms with van der Waals surface area (Å²) in [6.07, 6.45) is 5.13. The molecule has 5 N–H and O–H groups in total. The first kappa shape index (κ1) is 27.3. The number of carbonyl (C=O) groups is 2. The standard InChI is InChI=1S/C25H29ClN6O6/c1-16-2-11-21(30-29-16)38-20-9-7-19(8-10-20)27-22-28-23(35)32(13-25(37,14-33)15-34)24(36)31(22)12-17-3-5-18(26)6-4-17/h2-3,5-11,17,22,27,33-34,37H,4,12-15H2,1H3,(H,28,35). The van der Waals surface area contributed by atoms with Crippen LogP contribution in [0.1, 0.15) is 12.1 Å². The summed E-state index contributed by atoms with van der Waals surface area (Å²) in [5.74, 6) is 0.778. The summed E-state index contributed by atoms with van der Waals surface area (Å²) in [5.41, 5.74) is -0.685. The molecule has 2 aliphatic rings. The number of aryl methyl sites for hydroxylation is 1. The zero-order valence-corrected chi connectivity index (χ0v) is 21.4. The van der Waals surface area contributed by atoms with Gasteiger partial charge in [0.05, 0.1) is 25.5 Å². The molecule has 1 fully saturated rings. The second-order valence-corrected chi connectivity index (χ2v) is 9.58. The van der Waals surface area contributed by atoms with E-state index in [4.69, 9.17) is 16.3 Å². The maximum Gasteiger partial charge on any atom is 0.331 e. The second-order valence-electron chi connectivity index (χ2n) is 9.14. The minimum atomic E-state index is -2.04. The molecule has 0 bridgehead atoms. The van der Waals surface area contributed by atoms with Gasteiger partial charge in [0, 0.05) is 23.3 Å². The first-order valence-electron chi connectivity index (χ1n) is 11.9. The lowest BCUT2D eigenvalue weighted by Gasteiger charge is -2.44. The Kier molecular flexibility index (Phi) is 8.47. The van der Waals surface area contributed by atoms with E-state index in [1.807, 2.05) is 19.1 Å². The van der Waals surface area contributed by atoms with E-state index < -0.39 is 43.7 Å². The molecule has 1 aliphatic heterocycles. The van der Waals surface area contributed by atoms with Gasteiger partial charge in [-0.15, -0.1) is 5.10 Å². The lowest BCUT2D eigenvalue weighted by molar-refractivity contribution is -0.0668. The summed E-state index contributed by atoms with van der Waals surface area (Å²) < 4.78 is 5.69. The van der Waals surface area contributed by atoms with Gasteiger partial charge in [-0.05, 0) is 55.7 Å². The Morgan fingerprint density at radius 1 is 1.16 bits per heavy atom. The van der Waals surface area contributed by atoms with Gasteiger partial charge < -0.3 is 25.4 Å². The van der Waals surface area contributed by atoms with Crippen LogP contribution in [0, 0.1) is 12.8 Å². The number of aliphatic hydroxyl groups excluding tert-OH is 2. The third-order valence-electron chi connectivity index (χ3n) is 6.06. The first-order chi connectivity index (χ1) is 18.2. The number of anilines is 1. The van der Waals surface area contributed by atoms with Crippen molar-refractivity contribution in [1.82, 2.24) is 25.3 Å². The number of β-amino-alcohol motifs (C(OH)–C–C–N with tert-alkyl or cyclic N) is 1. The molecule has 0 radical (unpaired) electrons. The number of nitrogens with zero attached hydrogens (tertiary/aromatic N) is 4. The Balaban J connectivity index is 1.51. The topological polar surface area (TPSA) is 160 Å². The summed E-state index contributed by atoms with van der Waals surface area (Å²) in [5, 5.41) is 43.6. The minimum absolute atomic E-state index is 0.0800. The zero-order valence-electron chi connectivity index (χ0n) is 20.6. The maximum absolute atomic E-state index is 13.4. The van der Waals surface area contributed by atoms with Crippen molar-refractivity contribution in [1.29, 1.82) is 0 Å². The molecule has 1 aliphatic carbocycles. The van der Waals surface area contributed by atoms with Crippen molar-refractivity contribution in [2.24, 2.45) is 5.92 Å². The number of halogens is 1. The SMILES string of the molecule is Cc1ccc(Oc2ccc(NC3NC(=O)N(CC(O)(CO)CO)C(=O)N3CC3C=CC(Cl)=CC3)cc2)nn1. The van der Waals surface area contributed by atoms with Crippen LogP contribution in [0.5, 0.6) is 11.6 Å². The molecular formula is C25H29ClN6O6. The van der Waals surface area contributed by atoms with Gasteiger partial charge >= 0.3 is 12.1 Å². The van der Waals surface area contributed by atoms with Crippen molar-refractivity contribution < 1.29 is 29.6 Å². The molecule has 1 aromatic heterocycles. The van der Waals surface area contributed by atoms with E-state index in [1.165, 1.54) is 4.90 Å². The number of carbonyl (C=O) groups excluding carboxylic acids is 2. The highest BCUT2D eigenvalue weighted by Crippen LogP contribution is 2.25. The van der Waals surface area contributed by atoms with E-state index in [1.54, 1.807) is 42.5 Å². The molecule has 0 spiro atoms. The fourth-order valence-corrected chi connectivity index (χ4v) is 4.03. The molecule has 4 amide bonds. The summed E-state index contributed by atoms with van der Waals surface area (Å²) in [6.45, 7) is -0.216. The number of allylic oxidation sites excluding steroid dienone is 3. The monoisotopic (exact) mass is 544 g/mol. The molecule has 4 rings (SSSR count). The summed E-state index contributed by atoms with van der Waals surface area (Å²) in [4.78, 5) is 28.5. The highest BCUT2D eigenvalue weighted by atomic mass is 35.5. The van der Waals surface area contributed by atoms with Crippen LogP contribution in [0.15, 0.2) is 59.7 Å². The normalized spacial score (nSPS) is 19.8. The van der Waals surface area contributed by atoms with E-state index in [0.29, 0.717) is 28.8 Å². The molecule has 12 nitrogen and oxygen atoms in total. The number of rotatable bonds is 10. The van der Waals surface area contributed by atoms with Gasteiger partial charge in [0.15, 0.2) is 6.29 Å². The van der Waals surface area contributed by atoms with Crippen molar-refractivity contribution in [3.05, 3.63) is 65.4 Å². The highest BCUT2D eigenvalue weighted by Gasteiger charge is 2.43. The lowest BCUT2D eigenvalue weighted by Crippen LogP contribution is -2.70. The van der Waals surface area contributed by atoms with Gasteiger partial charge in [0.1, 0.15) is 11.4 Å². The van der Waals surface area contributed by atoms with Crippen molar-refractivity contribution in [3.8, 4) is 11.6 Å². The summed E-state index contributed by atoms with van der Waals surface area (Å²) in [6, 6.07) is 8.85. The van der Waals surface area contributed by atoms with E-state index in [0.717, 1.165) is 10.6 Å². The number of imide groups is 1. The van der Waals surface area contributed by atoms with Crippen LogP contribution >= 0.6 is 11.6 Å². The van der Waals surface area contributed by atoms with Gasteiger partial charge in [-0.25, -0.2) is 14.5 Å². The molecule has 2 aromatic rings. The third kappa shape index (κ3) is 6.58. The number of nitrogens with one attached hydrogen (secondary N) is 2. The van der Waals surface area contributed by atoms with Crippen LogP contribution in [0.25, 0.3) is 0 Å². The molecule has 0 saturated carbocycles. The number of amides is 4. The molecule has 1 aromatic carbocycles. The fourth-order valence-electron chi connectivity index (χ4n) is 3.87. The van der Waals surface area contributed by atoms with Crippen LogP contribution < -0.4 is 15.4 Å². The Bertz CT molecular complexity index is 1200. The molecule has 38 heavy (non-hydrogen) atoms. The zero-order chi connectivity index (χ0) is 27.3. The number of aromatic nitrogens is 2. The molecular weight excluding hydrogens is 516 g/mol. The molecule has 2 atom stereocenters. The van der Waals surface area contributed by atoms with Crippen molar-refractivity contribution in [3.63, 3.8) is 0 Å². The lowest BCUT2D eigenvalue weighted by atomic mass is 10.00. The van der Waals surface area contributed by atoms with E-state index >= 15 is 0 Å². The van der Waals surface area contributed by atoms with Crippen LogP contribution in [-0.2, 0) is 0 Å². The van der Waals surface area contributed by atoms with Gasteiger partial charge in [0.25, 0.3) is 0 Å². The number of ether oxygens (including phenoxy) is 1. The number of benzene rings is 1.